The molecule has 2 heterocycles. The highest BCUT2D eigenvalue weighted by molar-refractivity contribution is 6.32. The average Bonchev–Trinajstić information content (AvgIpc) is 3.49. The molecule has 0 bridgehead atoms. The van der Waals surface area contributed by atoms with Crippen molar-refractivity contribution < 1.29 is 4.74 Å². The molecule has 0 aliphatic heterocycles. The summed E-state index contributed by atoms with van der Waals surface area (Å²) in [7, 11) is 0. The first-order chi connectivity index (χ1) is 16.7. The van der Waals surface area contributed by atoms with Crippen LogP contribution in [0, 0.1) is 11.3 Å². The Morgan fingerprint density at radius 2 is 1.91 bits per heavy atom. The molecule has 0 unspecified atom stereocenters. The summed E-state index contributed by atoms with van der Waals surface area (Å²) >= 11 is 6.47. The van der Waals surface area contributed by atoms with Crippen LogP contribution < -0.4 is 4.74 Å². The Labute approximate surface area is 201 Å². The van der Waals surface area contributed by atoms with Gasteiger partial charge in [-0.2, -0.15) is 10.4 Å². The molecule has 0 aliphatic rings. The van der Waals surface area contributed by atoms with Gasteiger partial charge in [0.05, 0.1) is 33.9 Å². The zero-order chi connectivity index (χ0) is 23.5. The third-order valence-corrected chi connectivity index (χ3v) is 5.63. The van der Waals surface area contributed by atoms with Gasteiger partial charge >= 0.3 is 0 Å². The molecule has 0 saturated carbocycles. The van der Waals surface area contributed by atoms with Crippen LogP contribution in [0.1, 0.15) is 18.3 Å². The Morgan fingerprint density at radius 1 is 1.12 bits per heavy atom. The van der Waals surface area contributed by atoms with E-state index in [-0.39, 0.29) is 0 Å². The maximum Gasteiger partial charge on any atom is 0.149 e. The fourth-order valence-corrected chi connectivity index (χ4v) is 3.98. The van der Waals surface area contributed by atoms with Crippen LogP contribution in [0.15, 0.2) is 79.0 Å². The number of nitriles is 1. The largest absolute Gasteiger partial charge is 0.492 e. The number of hydrogen-bond donors (Lipinski definition) is 1. The fraction of sp³-hybridized carbons (Fsp3) is 0.0741. The van der Waals surface area contributed by atoms with Crippen LogP contribution >= 0.6 is 11.6 Å². The van der Waals surface area contributed by atoms with Gasteiger partial charge in [0.1, 0.15) is 23.3 Å². The van der Waals surface area contributed by atoms with Gasteiger partial charge in [0.25, 0.3) is 0 Å². The van der Waals surface area contributed by atoms with Crippen molar-refractivity contribution in [1.82, 2.24) is 19.7 Å². The number of rotatable bonds is 6. The van der Waals surface area contributed by atoms with Crippen LogP contribution in [0.4, 0.5) is 0 Å². The number of imidazole rings is 1. The zero-order valence-electron chi connectivity index (χ0n) is 18.4. The predicted molar refractivity (Wildman–Crippen MR) is 135 cm³/mol. The number of allylic oxidation sites excluding steroid dienone is 1. The summed E-state index contributed by atoms with van der Waals surface area (Å²) in [5.41, 5.74) is 5.26. The lowest BCUT2D eigenvalue weighted by atomic mass is 10.1. The van der Waals surface area contributed by atoms with Gasteiger partial charge in [-0.05, 0) is 55.5 Å². The molecular formula is C27H20ClN5O. The fourth-order valence-electron chi connectivity index (χ4n) is 3.74. The van der Waals surface area contributed by atoms with Crippen molar-refractivity contribution in [3.05, 3.63) is 95.4 Å². The van der Waals surface area contributed by atoms with Crippen molar-refractivity contribution in [3.8, 4) is 28.8 Å². The Hall–Kier alpha value is -4.34. The van der Waals surface area contributed by atoms with Crippen molar-refractivity contribution in [2.75, 3.05) is 6.61 Å². The van der Waals surface area contributed by atoms with E-state index in [0.29, 0.717) is 34.5 Å². The van der Waals surface area contributed by atoms with Crippen LogP contribution in [-0.2, 0) is 0 Å². The quantitative estimate of drug-likeness (QED) is 0.289. The first-order valence-electron chi connectivity index (χ1n) is 10.8. The molecule has 0 radical (unpaired) electrons. The highest BCUT2D eigenvalue weighted by Gasteiger charge is 2.16. The van der Waals surface area contributed by atoms with Crippen molar-refractivity contribution in [1.29, 1.82) is 5.26 Å². The summed E-state index contributed by atoms with van der Waals surface area (Å²) in [4.78, 5) is 7.81. The molecule has 2 aromatic heterocycles. The molecule has 5 aromatic rings. The summed E-state index contributed by atoms with van der Waals surface area (Å²) in [6.45, 7) is 2.44. The molecule has 0 amide bonds. The third kappa shape index (κ3) is 4.17. The molecule has 6 nitrogen and oxygen atoms in total. The molecule has 34 heavy (non-hydrogen) atoms. The second kappa shape index (κ2) is 9.26. The van der Waals surface area contributed by atoms with E-state index >= 15 is 0 Å². The monoisotopic (exact) mass is 465 g/mol. The molecule has 166 valence electrons. The molecule has 5 rings (SSSR count). The number of para-hydroxylation sites is 3. The van der Waals surface area contributed by atoms with Crippen molar-refractivity contribution in [2.24, 2.45) is 0 Å². The zero-order valence-corrected chi connectivity index (χ0v) is 19.1. The minimum absolute atomic E-state index is 0.405. The van der Waals surface area contributed by atoms with Crippen molar-refractivity contribution >= 4 is 34.3 Å². The Balaban J connectivity index is 1.65. The SMILES string of the molecule is CCOc1ccc(-c2nn(-c3ccccc3)cc2C=C(C#N)c2nc3ccccc3[nH]2)cc1Cl. The third-order valence-electron chi connectivity index (χ3n) is 5.33. The number of aromatic nitrogens is 4. The lowest BCUT2D eigenvalue weighted by Gasteiger charge is -2.07. The number of aromatic amines is 1. The summed E-state index contributed by atoms with van der Waals surface area (Å²) < 4.78 is 7.37. The second-order valence-electron chi connectivity index (χ2n) is 7.56. The smallest absolute Gasteiger partial charge is 0.149 e. The average molecular weight is 466 g/mol. The molecule has 7 heteroatoms. The number of ether oxygens (including phenoxy) is 1. The Kier molecular flexibility index (Phi) is 5.86. The molecule has 0 fully saturated rings. The molecule has 0 atom stereocenters. The number of H-pyrrole nitrogens is 1. The van der Waals surface area contributed by atoms with Crippen LogP contribution in [0.25, 0.3) is 39.6 Å². The molecule has 3 aromatic carbocycles. The van der Waals surface area contributed by atoms with Gasteiger partial charge in [0, 0.05) is 17.3 Å². The summed E-state index contributed by atoms with van der Waals surface area (Å²) in [5, 5.41) is 15.3. The number of hydrogen-bond acceptors (Lipinski definition) is 4. The van der Waals surface area contributed by atoms with Gasteiger partial charge < -0.3 is 9.72 Å². The molecule has 0 spiro atoms. The van der Waals surface area contributed by atoms with Crippen LogP contribution in [0.5, 0.6) is 5.75 Å². The minimum Gasteiger partial charge on any atom is -0.492 e. The van der Waals surface area contributed by atoms with E-state index in [1.807, 2.05) is 85.9 Å². The molecule has 0 aliphatic carbocycles. The maximum absolute atomic E-state index is 9.95. The molecule has 1 N–H and O–H groups in total. The number of nitrogens with one attached hydrogen (secondary N) is 1. The summed E-state index contributed by atoms with van der Waals surface area (Å²) in [6, 6.07) is 25.3. The predicted octanol–water partition coefficient (Wildman–Crippen LogP) is 6.53. The summed E-state index contributed by atoms with van der Waals surface area (Å²) in [5.74, 6) is 1.12. The van der Waals surface area contributed by atoms with E-state index < -0.39 is 0 Å². The van der Waals surface area contributed by atoms with Crippen molar-refractivity contribution in [3.63, 3.8) is 0 Å². The minimum atomic E-state index is 0.405. The Bertz CT molecular complexity index is 1510. The number of fused-ring (bicyclic) bond motifs is 1. The first kappa shape index (κ1) is 21.5. The molecular weight excluding hydrogens is 446 g/mol. The van der Waals surface area contributed by atoms with E-state index in [2.05, 4.69) is 16.0 Å². The normalized spacial score (nSPS) is 11.5. The van der Waals surface area contributed by atoms with Gasteiger partial charge in [-0.3, -0.25) is 0 Å². The van der Waals surface area contributed by atoms with E-state index in [1.54, 1.807) is 10.8 Å². The van der Waals surface area contributed by atoms with Gasteiger partial charge in [0.2, 0.25) is 0 Å². The topological polar surface area (TPSA) is 79.5 Å². The van der Waals surface area contributed by atoms with E-state index in [9.17, 15) is 5.26 Å². The number of halogens is 1. The standard InChI is InChI=1S/C27H20ClN5O/c1-2-34-25-13-12-18(15-22(25)28)26-20(17-33(32-26)21-8-4-3-5-9-21)14-19(16-29)27-30-23-10-6-7-11-24(23)31-27/h3-15,17H,2H2,1H3,(H,30,31). The lowest BCUT2D eigenvalue weighted by molar-refractivity contribution is 0.340. The van der Waals surface area contributed by atoms with Gasteiger partial charge in [-0.25, -0.2) is 9.67 Å². The van der Waals surface area contributed by atoms with E-state index in [4.69, 9.17) is 21.4 Å². The van der Waals surface area contributed by atoms with Gasteiger partial charge in [-0.15, -0.1) is 0 Å². The van der Waals surface area contributed by atoms with E-state index in [1.165, 1.54) is 0 Å². The molecule has 0 saturated heterocycles. The Morgan fingerprint density at radius 3 is 2.65 bits per heavy atom. The van der Waals surface area contributed by atoms with E-state index in [0.717, 1.165) is 27.8 Å². The van der Waals surface area contributed by atoms with Crippen LogP contribution in [0.2, 0.25) is 5.02 Å². The first-order valence-corrected chi connectivity index (χ1v) is 11.2. The summed E-state index contributed by atoms with van der Waals surface area (Å²) in [6.07, 6.45) is 3.69. The number of benzene rings is 3. The highest BCUT2D eigenvalue weighted by atomic mass is 35.5. The van der Waals surface area contributed by atoms with Crippen molar-refractivity contribution in [2.45, 2.75) is 6.92 Å². The van der Waals surface area contributed by atoms with Gasteiger partial charge in [0.15, 0.2) is 0 Å². The van der Waals surface area contributed by atoms with Gasteiger partial charge in [-0.1, -0.05) is 41.9 Å². The highest BCUT2D eigenvalue weighted by Crippen LogP contribution is 2.33. The lowest BCUT2D eigenvalue weighted by Crippen LogP contribution is -1.95. The maximum atomic E-state index is 9.95. The van der Waals surface area contributed by atoms with Crippen LogP contribution in [0.3, 0.4) is 0 Å². The second-order valence-corrected chi connectivity index (χ2v) is 7.97. The number of nitrogens with zero attached hydrogens (tertiary/aromatic N) is 4. The van der Waals surface area contributed by atoms with Crippen LogP contribution in [-0.4, -0.2) is 26.4 Å².